The summed E-state index contributed by atoms with van der Waals surface area (Å²) in [5.41, 5.74) is 1.52. The summed E-state index contributed by atoms with van der Waals surface area (Å²) in [6.45, 7) is 3.66. The molecular formula is C23H27N3O5. The van der Waals surface area contributed by atoms with Crippen LogP contribution in [-0.4, -0.2) is 68.6 Å². The van der Waals surface area contributed by atoms with Gasteiger partial charge in [0.05, 0.1) is 7.11 Å². The molecule has 2 amide bonds. The van der Waals surface area contributed by atoms with Crippen LogP contribution in [0.4, 0.5) is 5.69 Å². The van der Waals surface area contributed by atoms with E-state index < -0.39 is 12.0 Å². The summed E-state index contributed by atoms with van der Waals surface area (Å²) in [6, 6.07) is 15.5. The van der Waals surface area contributed by atoms with Gasteiger partial charge in [0, 0.05) is 37.4 Å². The number of nitrogens with zero attached hydrogens (tertiary/aromatic N) is 2. The van der Waals surface area contributed by atoms with Crippen molar-refractivity contribution >= 4 is 23.5 Å². The van der Waals surface area contributed by atoms with Crippen molar-refractivity contribution in [3.63, 3.8) is 0 Å². The summed E-state index contributed by atoms with van der Waals surface area (Å²) in [6.07, 6.45) is 0. The molecule has 1 aliphatic heterocycles. The molecule has 0 radical (unpaired) electrons. The summed E-state index contributed by atoms with van der Waals surface area (Å²) in [5, 5.41) is 2.58. The van der Waals surface area contributed by atoms with Gasteiger partial charge in [-0.15, -0.1) is 0 Å². The zero-order valence-electron chi connectivity index (χ0n) is 17.7. The maximum atomic E-state index is 12.4. The lowest BCUT2D eigenvalue weighted by Gasteiger charge is -2.36. The van der Waals surface area contributed by atoms with Crippen LogP contribution in [-0.2, 0) is 14.3 Å². The number of hydrogen-bond acceptors (Lipinski definition) is 6. The summed E-state index contributed by atoms with van der Waals surface area (Å²) in [4.78, 5) is 40.6. The minimum absolute atomic E-state index is 0.246. The van der Waals surface area contributed by atoms with E-state index in [-0.39, 0.29) is 18.4 Å². The van der Waals surface area contributed by atoms with Gasteiger partial charge in [-0.3, -0.25) is 9.59 Å². The maximum Gasteiger partial charge on any atom is 0.328 e. The smallest absolute Gasteiger partial charge is 0.328 e. The average molecular weight is 425 g/mol. The second-order valence-electron chi connectivity index (χ2n) is 7.23. The number of anilines is 1. The van der Waals surface area contributed by atoms with Gasteiger partial charge in [-0.05, 0) is 43.3 Å². The van der Waals surface area contributed by atoms with Crippen LogP contribution < -0.4 is 15.0 Å². The fourth-order valence-electron chi connectivity index (χ4n) is 3.28. The first kappa shape index (κ1) is 22.1. The summed E-state index contributed by atoms with van der Waals surface area (Å²) in [7, 11) is 1.63. The lowest BCUT2D eigenvalue weighted by atomic mass is 10.2. The van der Waals surface area contributed by atoms with Crippen molar-refractivity contribution in [2.45, 2.75) is 13.0 Å². The second kappa shape index (κ2) is 10.5. The highest BCUT2D eigenvalue weighted by molar-refractivity contribution is 5.96. The predicted octanol–water partition coefficient (Wildman–Crippen LogP) is 1.71. The van der Waals surface area contributed by atoms with Crippen LogP contribution >= 0.6 is 0 Å². The van der Waals surface area contributed by atoms with Crippen LogP contribution in [0.15, 0.2) is 54.6 Å². The number of amides is 2. The first-order valence-electron chi connectivity index (χ1n) is 10.2. The second-order valence-corrected chi connectivity index (χ2v) is 7.23. The normalized spacial score (nSPS) is 14.5. The Morgan fingerprint density at radius 1 is 0.968 bits per heavy atom. The Hall–Kier alpha value is -3.55. The van der Waals surface area contributed by atoms with Crippen molar-refractivity contribution in [1.82, 2.24) is 10.2 Å². The Kier molecular flexibility index (Phi) is 7.48. The molecule has 1 N–H and O–H groups in total. The third-order valence-corrected chi connectivity index (χ3v) is 5.14. The Bertz CT molecular complexity index is 893. The molecular weight excluding hydrogens is 398 g/mol. The van der Waals surface area contributed by atoms with Gasteiger partial charge in [-0.25, -0.2) is 4.79 Å². The first-order chi connectivity index (χ1) is 15.0. The molecule has 2 aromatic rings. The van der Waals surface area contributed by atoms with E-state index in [2.05, 4.69) is 10.2 Å². The van der Waals surface area contributed by atoms with E-state index in [1.807, 2.05) is 24.3 Å². The zero-order valence-corrected chi connectivity index (χ0v) is 17.7. The number of carbonyl (C=O) groups excluding carboxylic acids is 3. The number of ether oxygens (including phenoxy) is 2. The van der Waals surface area contributed by atoms with Crippen LogP contribution in [0.25, 0.3) is 0 Å². The first-order valence-corrected chi connectivity index (χ1v) is 10.2. The Balaban J connectivity index is 1.41. The van der Waals surface area contributed by atoms with E-state index in [4.69, 9.17) is 9.47 Å². The number of rotatable bonds is 7. The summed E-state index contributed by atoms with van der Waals surface area (Å²) < 4.78 is 10.3. The van der Waals surface area contributed by atoms with Crippen molar-refractivity contribution in [3.8, 4) is 5.75 Å². The quantitative estimate of drug-likeness (QED) is 0.680. The highest BCUT2D eigenvalue weighted by Crippen LogP contribution is 2.20. The number of benzene rings is 2. The highest BCUT2D eigenvalue weighted by atomic mass is 16.5. The maximum absolute atomic E-state index is 12.4. The fourth-order valence-corrected chi connectivity index (χ4v) is 3.28. The van der Waals surface area contributed by atoms with Crippen molar-refractivity contribution in [2.24, 2.45) is 0 Å². The van der Waals surface area contributed by atoms with Gasteiger partial charge < -0.3 is 24.6 Å². The topological polar surface area (TPSA) is 88.2 Å². The Morgan fingerprint density at radius 2 is 1.61 bits per heavy atom. The molecule has 1 saturated heterocycles. The average Bonchev–Trinajstić information content (AvgIpc) is 2.83. The number of nitrogens with one attached hydrogen (secondary N) is 1. The van der Waals surface area contributed by atoms with Gasteiger partial charge in [0.25, 0.3) is 11.8 Å². The van der Waals surface area contributed by atoms with E-state index >= 15 is 0 Å². The van der Waals surface area contributed by atoms with Gasteiger partial charge in [0.2, 0.25) is 0 Å². The molecule has 1 fully saturated rings. The molecule has 31 heavy (non-hydrogen) atoms. The van der Waals surface area contributed by atoms with Crippen molar-refractivity contribution in [3.05, 3.63) is 60.2 Å². The Labute approximate surface area is 181 Å². The number of esters is 1. The number of hydrogen-bond donors (Lipinski definition) is 1. The molecule has 0 aromatic heterocycles. The van der Waals surface area contributed by atoms with Gasteiger partial charge in [0.1, 0.15) is 11.8 Å². The molecule has 1 heterocycles. The molecule has 0 spiro atoms. The largest absolute Gasteiger partial charge is 0.497 e. The summed E-state index contributed by atoms with van der Waals surface area (Å²) >= 11 is 0. The van der Waals surface area contributed by atoms with Gasteiger partial charge in [-0.2, -0.15) is 0 Å². The molecule has 0 saturated carbocycles. The van der Waals surface area contributed by atoms with Crippen molar-refractivity contribution in [2.75, 3.05) is 44.8 Å². The van der Waals surface area contributed by atoms with E-state index in [0.29, 0.717) is 31.7 Å². The molecule has 3 rings (SSSR count). The fraction of sp³-hybridized carbons (Fsp3) is 0.348. The van der Waals surface area contributed by atoms with Crippen LogP contribution in [0.5, 0.6) is 5.75 Å². The molecule has 2 aromatic carbocycles. The molecule has 0 bridgehead atoms. The standard InChI is InChI=1S/C23H27N3O5/c1-17(24-22(28)18-6-4-3-5-7-18)23(29)31-16-21(27)26-14-12-25(13-15-26)19-8-10-20(30-2)11-9-19/h3-11,17H,12-16H2,1-2H3,(H,24,28)/t17-/m0/s1. The van der Waals surface area contributed by atoms with E-state index in [0.717, 1.165) is 11.4 Å². The Morgan fingerprint density at radius 3 is 2.23 bits per heavy atom. The van der Waals surface area contributed by atoms with Gasteiger partial charge >= 0.3 is 5.97 Å². The third-order valence-electron chi connectivity index (χ3n) is 5.14. The molecule has 8 nitrogen and oxygen atoms in total. The highest BCUT2D eigenvalue weighted by Gasteiger charge is 2.24. The van der Waals surface area contributed by atoms with Crippen LogP contribution in [0.3, 0.4) is 0 Å². The number of piperazine rings is 1. The van der Waals surface area contributed by atoms with E-state index in [9.17, 15) is 14.4 Å². The zero-order chi connectivity index (χ0) is 22.2. The minimum atomic E-state index is -0.854. The number of methoxy groups -OCH3 is 1. The summed E-state index contributed by atoms with van der Waals surface area (Å²) in [5.74, 6) is -0.460. The minimum Gasteiger partial charge on any atom is -0.497 e. The van der Waals surface area contributed by atoms with Crippen molar-refractivity contribution in [1.29, 1.82) is 0 Å². The van der Waals surface area contributed by atoms with E-state index in [1.54, 1.807) is 42.3 Å². The van der Waals surface area contributed by atoms with Crippen LogP contribution in [0.1, 0.15) is 17.3 Å². The molecule has 0 aliphatic carbocycles. The van der Waals surface area contributed by atoms with Crippen LogP contribution in [0.2, 0.25) is 0 Å². The van der Waals surface area contributed by atoms with Gasteiger partial charge in [-0.1, -0.05) is 18.2 Å². The molecule has 8 heteroatoms. The third kappa shape index (κ3) is 5.97. The van der Waals surface area contributed by atoms with Crippen molar-refractivity contribution < 1.29 is 23.9 Å². The molecule has 1 atom stereocenters. The molecule has 0 unspecified atom stereocenters. The number of carbonyl (C=O) groups is 3. The van der Waals surface area contributed by atoms with Gasteiger partial charge in [0.15, 0.2) is 6.61 Å². The monoisotopic (exact) mass is 425 g/mol. The van der Waals surface area contributed by atoms with E-state index in [1.165, 1.54) is 6.92 Å². The molecule has 164 valence electrons. The lowest BCUT2D eigenvalue weighted by Crippen LogP contribution is -2.50. The predicted molar refractivity (Wildman–Crippen MR) is 116 cm³/mol. The molecule has 1 aliphatic rings. The van der Waals surface area contributed by atoms with Crippen LogP contribution in [0, 0.1) is 0 Å². The SMILES string of the molecule is COc1ccc(N2CCN(C(=O)COC(=O)[C@H](C)NC(=O)c3ccccc3)CC2)cc1. The lowest BCUT2D eigenvalue weighted by molar-refractivity contribution is -0.153.